The summed E-state index contributed by atoms with van der Waals surface area (Å²) in [5, 5.41) is 1.35. The third kappa shape index (κ3) is 3.11. The maximum atomic E-state index is 14.0. The summed E-state index contributed by atoms with van der Waals surface area (Å²) in [5.74, 6) is -3.80. The summed E-state index contributed by atoms with van der Waals surface area (Å²) in [6.45, 7) is 0.548. The van der Waals surface area contributed by atoms with Crippen LogP contribution in [0.4, 0.5) is 26.3 Å². The topological polar surface area (TPSA) is 31.2 Å². The highest BCUT2D eigenvalue weighted by molar-refractivity contribution is 6.77. The van der Waals surface area contributed by atoms with E-state index >= 15 is 0 Å². The minimum atomic E-state index is -4.56. The van der Waals surface area contributed by atoms with Crippen LogP contribution in [0.1, 0.15) is 12.5 Å². The minimum absolute atomic E-state index is 0.146. The second-order valence-electron chi connectivity index (χ2n) is 5.29. The lowest BCUT2D eigenvalue weighted by Gasteiger charge is -2.34. The van der Waals surface area contributed by atoms with E-state index in [9.17, 15) is 26.3 Å². The molecular weight excluding hydrogens is 374 g/mol. The molecule has 0 saturated heterocycles. The van der Waals surface area contributed by atoms with Crippen LogP contribution in [-0.2, 0) is 0 Å². The number of fused-ring (bicyclic) bond motifs is 1. The Morgan fingerprint density at radius 1 is 1.16 bits per heavy atom. The van der Waals surface area contributed by atoms with E-state index in [1.807, 2.05) is 0 Å². The number of alkyl halides is 3. The van der Waals surface area contributed by atoms with Gasteiger partial charge in [-0.1, -0.05) is 11.6 Å². The van der Waals surface area contributed by atoms with Gasteiger partial charge in [-0.2, -0.15) is 23.2 Å². The Morgan fingerprint density at radius 2 is 1.76 bits per heavy atom. The van der Waals surface area contributed by atoms with Crippen LogP contribution in [0, 0.1) is 17.5 Å². The van der Waals surface area contributed by atoms with Gasteiger partial charge in [-0.15, -0.1) is 0 Å². The van der Waals surface area contributed by atoms with Gasteiger partial charge in [0.1, 0.15) is 35.3 Å². The zero-order valence-electron chi connectivity index (χ0n) is 12.5. The monoisotopic (exact) mass is 382 g/mol. The molecule has 0 aromatic heterocycles. The molecule has 0 bridgehead atoms. The maximum Gasteiger partial charge on any atom is 0.405 e. The molecule has 3 rings (SSSR count). The van der Waals surface area contributed by atoms with Crippen molar-refractivity contribution >= 4 is 28.3 Å². The molecule has 134 valence electrons. The molecule has 2 heterocycles. The molecule has 1 aromatic rings. The molecule has 0 radical (unpaired) electrons. The number of halogens is 7. The Balaban J connectivity index is 2.05. The van der Waals surface area contributed by atoms with Crippen molar-refractivity contribution < 1.29 is 26.3 Å². The van der Waals surface area contributed by atoms with Gasteiger partial charge in [-0.05, 0) is 6.92 Å². The zero-order chi connectivity index (χ0) is 18.5. The predicted molar refractivity (Wildman–Crippen MR) is 79.1 cm³/mol. The summed E-state index contributed by atoms with van der Waals surface area (Å²) in [6, 6.07) is -1.05. The lowest BCUT2D eigenvalue weighted by Crippen LogP contribution is -2.50. The number of hydrogen-bond donors (Lipinski definition) is 0. The van der Waals surface area contributed by atoms with Gasteiger partial charge in [0.25, 0.3) is 0 Å². The smallest absolute Gasteiger partial charge is 0.245 e. The fourth-order valence-electron chi connectivity index (χ4n) is 2.38. The Bertz CT molecular complexity index is 793. The van der Waals surface area contributed by atoms with Crippen molar-refractivity contribution in [2.45, 2.75) is 19.1 Å². The Labute approximate surface area is 142 Å². The molecule has 0 aliphatic carbocycles. The fourth-order valence-corrected chi connectivity index (χ4v) is 2.60. The highest BCUT2D eigenvalue weighted by Gasteiger charge is 2.45. The number of nitrogens with zero attached hydrogens (tertiary/aromatic N) is 4. The maximum absolute atomic E-state index is 14.0. The molecule has 2 aliphatic rings. The standard InChI is InChI=1S/C14H9ClF6N4/c1-6(14(19,20)21)25-5-22-13-23-12(15)8(4-24(13)25)11-9(17)2-7(16)3-10(11)18/h2-4,6H,5H2,1H3/t6-/m0/s1. The molecule has 4 nitrogen and oxygen atoms in total. The van der Waals surface area contributed by atoms with Crippen LogP contribution < -0.4 is 0 Å². The summed E-state index contributed by atoms with van der Waals surface area (Å²) < 4.78 is 79.9. The molecule has 1 aromatic carbocycles. The van der Waals surface area contributed by atoms with Gasteiger partial charge >= 0.3 is 6.18 Å². The first-order valence-corrected chi connectivity index (χ1v) is 7.25. The van der Waals surface area contributed by atoms with E-state index in [0.717, 1.165) is 23.1 Å². The van der Waals surface area contributed by atoms with Gasteiger partial charge in [0.2, 0.25) is 5.96 Å². The van der Waals surface area contributed by atoms with Crippen molar-refractivity contribution in [1.29, 1.82) is 0 Å². The van der Waals surface area contributed by atoms with Gasteiger partial charge in [0.15, 0.2) is 0 Å². The predicted octanol–water partition coefficient (Wildman–Crippen LogP) is 3.89. The number of hydrogen-bond acceptors (Lipinski definition) is 4. The minimum Gasteiger partial charge on any atom is -0.245 e. The van der Waals surface area contributed by atoms with Gasteiger partial charge in [-0.25, -0.2) is 23.2 Å². The van der Waals surface area contributed by atoms with Crippen LogP contribution in [0.3, 0.4) is 0 Å². The Hall–Kier alpha value is -2.07. The first kappa shape index (κ1) is 17.7. The molecule has 0 unspecified atom stereocenters. The van der Waals surface area contributed by atoms with E-state index < -0.39 is 35.2 Å². The van der Waals surface area contributed by atoms with E-state index in [4.69, 9.17) is 11.6 Å². The number of hydrazine groups is 1. The van der Waals surface area contributed by atoms with Crippen LogP contribution in [0.2, 0.25) is 0 Å². The van der Waals surface area contributed by atoms with E-state index in [1.54, 1.807) is 0 Å². The molecule has 0 amide bonds. The third-order valence-corrected chi connectivity index (χ3v) is 4.00. The fraction of sp³-hybridized carbons (Fsp3) is 0.286. The zero-order valence-corrected chi connectivity index (χ0v) is 13.2. The summed E-state index contributed by atoms with van der Waals surface area (Å²) in [6.07, 6.45) is -3.57. The van der Waals surface area contributed by atoms with Crippen molar-refractivity contribution in [1.82, 2.24) is 10.0 Å². The van der Waals surface area contributed by atoms with Crippen LogP contribution in [0.15, 0.2) is 28.3 Å². The Morgan fingerprint density at radius 3 is 2.32 bits per heavy atom. The van der Waals surface area contributed by atoms with E-state index in [2.05, 4.69) is 9.98 Å². The van der Waals surface area contributed by atoms with Crippen molar-refractivity contribution in [3.05, 3.63) is 41.3 Å². The highest BCUT2D eigenvalue weighted by atomic mass is 35.5. The molecule has 25 heavy (non-hydrogen) atoms. The Kier molecular flexibility index (Phi) is 4.28. The number of guanidine groups is 1. The molecule has 0 spiro atoms. The van der Waals surface area contributed by atoms with Crippen molar-refractivity contribution in [2.24, 2.45) is 9.98 Å². The van der Waals surface area contributed by atoms with Crippen LogP contribution in [0.5, 0.6) is 0 Å². The lowest BCUT2D eigenvalue weighted by atomic mass is 10.1. The van der Waals surface area contributed by atoms with Gasteiger partial charge in [0, 0.05) is 23.9 Å². The number of rotatable bonds is 2. The van der Waals surface area contributed by atoms with Crippen molar-refractivity contribution in [3.63, 3.8) is 0 Å². The number of benzene rings is 1. The summed E-state index contributed by atoms with van der Waals surface area (Å²) >= 11 is 5.89. The third-order valence-electron chi connectivity index (χ3n) is 3.71. The molecule has 1 atom stereocenters. The highest BCUT2D eigenvalue weighted by Crippen LogP contribution is 2.33. The first-order chi connectivity index (χ1) is 11.6. The summed E-state index contributed by atoms with van der Waals surface area (Å²) in [7, 11) is 0. The van der Waals surface area contributed by atoms with Gasteiger partial charge < -0.3 is 0 Å². The second kappa shape index (κ2) is 6.03. The van der Waals surface area contributed by atoms with Gasteiger partial charge in [-0.3, -0.25) is 0 Å². The average molecular weight is 383 g/mol. The molecule has 0 fully saturated rings. The quantitative estimate of drug-likeness (QED) is 0.727. The van der Waals surface area contributed by atoms with Crippen LogP contribution in [-0.4, -0.2) is 40.0 Å². The SMILES string of the molecule is C[C@H](N1CN=C2N=C(Cl)C(c3c(F)cc(F)cc3F)=CN21)C(F)(F)F. The molecule has 11 heteroatoms. The largest absolute Gasteiger partial charge is 0.405 e. The number of allylic oxidation sites excluding steroid dienone is 1. The van der Waals surface area contributed by atoms with E-state index in [0.29, 0.717) is 12.1 Å². The second-order valence-corrected chi connectivity index (χ2v) is 5.65. The first-order valence-electron chi connectivity index (χ1n) is 6.88. The summed E-state index contributed by atoms with van der Waals surface area (Å²) in [5.41, 5.74) is -1.02. The molecule has 0 N–H and O–H groups in total. The van der Waals surface area contributed by atoms with Crippen molar-refractivity contribution in [2.75, 3.05) is 6.67 Å². The lowest BCUT2D eigenvalue weighted by molar-refractivity contribution is -0.196. The molecule has 2 aliphatic heterocycles. The normalized spacial score (nSPS) is 19.4. The van der Waals surface area contributed by atoms with E-state index in [-0.39, 0.29) is 23.4 Å². The van der Waals surface area contributed by atoms with Gasteiger partial charge in [0.05, 0.1) is 5.56 Å². The summed E-state index contributed by atoms with van der Waals surface area (Å²) in [4.78, 5) is 7.59. The molecule has 0 saturated carbocycles. The number of aliphatic imine (C=N–C) groups is 2. The average Bonchev–Trinajstić information content (AvgIpc) is 2.87. The molecular formula is C14H9ClF6N4. The van der Waals surface area contributed by atoms with E-state index in [1.165, 1.54) is 0 Å². The van der Waals surface area contributed by atoms with Crippen LogP contribution >= 0.6 is 11.6 Å². The van der Waals surface area contributed by atoms with Crippen LogP contribution in [0.25, 0.3) is 5.57 Å². The van der Waals surface area contributed by atoms with Crippen molar-refractivity contribution in [3.8, 4) is 0 Å².